The lowest BCUT2D eigenvalue weighted by Gasteiger charge is -2.20. The van der Waals surface area contributed by atoms with Gasteiger partial charge in [0.15, 0.2) is 35.7 Å². The summed E-state index contributed by atoms with van der Waals surface area (Å²) < 4.78 is 18.4. The lowest BCUT2D eigenvalue weighted by molar-refractivity contribution is -0.686. The van der Waals surface area contributed by atoms with Crippen LogP contribution in [0.15, 0.2) is 30.5 Å². The minimum Gasteiger partial charge on any atom is -0.504 e. The van der Waals surface area contributed by atoms with Gasteiger partial charge in [0.05, 0.1) is 32.3 Å². The Kier molecular flexibility index (Phi) is 3.87. The molecule has 0 saturated heterocycles. The molecule has 0 unspecified atom stereocenters. The third-order valence-electron chi connectivity index (χ3n) is 5.22. The normalized spacial score (nSPS) is 12.5. The standard InChI is InChI=1S/C21H21NO4/c1-12-14-5-6-17(24-2)21(23)16(14)11-22-8-7-13-9-18(25-3)19(26-4)10-15(13)20(12)22/h5-6,9-11H,7-8H2,1-4H3/p+1. The number of rotatable bonds is 3. The Morgan fingerprint density at radius 2 is 1.62 bits per heavy atom. The number of phenolic OH excluding ortho intramolecular Hbond substituents is 1. The van der Waals surface area contributed by atoms with Crippen molar-refractivity contribution in [3.8, 4) is 34.3 Å². The number of aromatic hydroxyl groups is 1. The summed E-state index contributed by atoms with van der Waals surface area (Å²) in [4.78, 5) is 0. The zero-order valence-corrected chi connectivity index (χ0v) is 15.4. The molecular formula is C21H22NO4+. The van der Waals surface area contributed by atoms with Gasteiger partial charge in [0.2, 0.25) is 5.69 Å². The predicted octanol–water partition coefficient (Wildman–Crippen LogP) is 3.39. The second kappa shape index (κ2) is 6.09. The van der Waals surface area contributed by atoms with Gasteiger partial charge < -0.3 is 19.3 Å². The number of nitrogens with zero attached hydrogens (tertiary/aromatic N) is 1. The van der Waals surface area contributed by atoms with Crippen LogP contribution in [0, 0.1) is 6.92 Å². The topological polar surface area (TPSA) is 51.8 Å². The van der Waals surface area contributed by atoms with Crippen molar-refractivity contribution in [2.75, 3.05) is 21.3 Å². The molecule has 1 aliphatic heterocycles. The number of methoxy groups -OCH3 is 3. The van der Waals surface area contributed by atoms with Crippen molar-refractivity contribution in [2.24, 2.45) is 0 Å². The van der Waals surface area contributed by atoms with Crippen molar-refractivity contribution >= 4 is 10.8 Å². The third kappa shape index (κ3) is 2.27. The molecule has 0 saturated carbocycles. The molecule has 0 spiro atoms. The largest absolute Gasteiger partial charge is 0.504 e. The number of aryl methyl sites for hydroxylation is 3. The molecule has 3 aromatic rings. The third-order valence-corrected chi connectivity index (χ3v) is 5.22. The zero-order valence-electron chi connectivity index (χ0n) is 15.4. The van der Waals surface area contributed by atoms with Crippen LogP contribution in [0.25, 0.3) is 22.0 Å². The van der Waals surface area contributed by atoms with Gasteiger partial charge in [-0.1, -0.05) is 0 Å². The molecule has 2 heterocycles. The molecule has 0 bridgehead atoms. The Hall–Kier alpha value is -2.95. The van der Waals surface area contributed by atoms with Crippen molar-refractivity contribution in [1.29, 1.82) is 0 Å². The van der Waals surface area contributed by atoms with Gasteiger partial charge in [-0.05, 0) is 36.8 Å². The van der Waals surface area contributed by atoms with Gasteiger partial charge in [0.1, 0.15) is 0 Å². The van der Waals surface area contributed by atoms with Crippen molar-refractivity contribution in [2.45, 2.75) is 19.9 Å². The van der Waals surface area contributed by atoms with E-state index in [-0.39, 0.29) is 5.75 Å². The summed E-state index contributed by atoms with van der Waals surface area (Å²) in [6.45, 7) is 2.93. The average molecular weight is 352 g/mol. The van der Waals surface area contributed by atoms with Crippen LogP contribution in [-0.4, -0.2) is 26.4 Å². The van der Waals surface area contributed by atoms with Crippen molar-refractivity contribution in [3.05, 3.63) is 41.6 Å². The van der Waals surface area contributed by atoms with E-state index in [0.717, 1.165) is 52.1 Å². The molecule has 5 nitrogen and oxygen atoms in total. The predicted molar refractivity (Wildman–Crippen MR) is 99.3 cm³/mol. The minimum absolute atomic E-state index is 0.182. The Morgan fingerprint density at radius 1 is 0.923 bits per heavy atom. The van der Waals surface area contributed by atoms with Crippen molar-refractivity contribution in [1.82, 2.24) is 0 Å². The van der Waals surface area contributed by atoms with E-state index in [9.17, 15) is 5.11 Å². The van der Waals surface area contributed by atoms with E-state index in [4.69, 9.17) is 14.2 Å². The molecule has 4 rings (SSSR count). The molecule has 0 fully saturated rings. The van der Waals surface area contributed by atoms with Crippen LogP contribution in [0.2, 0.25) is 0 Å². The number of fused-ring (bicyclic) bond motifs is 4. The number of hydrogen-bond acceptors (Lipinski definition) is 4. The maximum atomic E-state index is 10.5. The van der Waals surface area contributed by atoms with E-state index in [2.05, 4.69) is 17.6 Å². The van der Waals surface area contributed by atoms with Crippen LogP contribution in [0.5, 0.6) is 23.0 Å². The monoisotopic (exact) mass is 352 g/mol. The number of aromatic nitrogens is 1. The molecule has 26 heavy (non-hydrogen) atoms. The summed E-state index contributed by atoms with van der Waals surface area (Å²) in [5.74, 6) is 2.14. The fourth-order valence-corrected chi connectivity index (χ4v) is 3.90. The summed E-state index contributed by atoms with van der Waals surface area (Å²) in [5, 5.41) is 12.4. The van der Waals surface area contributed by atoms with Gasteiger partial charge >= 0.3 is 0 Å². The zero-order chi connectivity index (χ0) is 18.4. The first-order chi connectivity index (χ1) is 12.6. The van der Waals surface area contributed by atoms with Gasteiger partial charge in [-0.15, -0.1) is 0 Å². The molecule has 0 aliphatic carbocycles. The molecule has 134 valence electrons. The highest BCUT2D eigenvalue weighted by Crippen LogP contribution is 2.41. The Labute approximate surface area is 152 Å². The molecule has 1 aliphatic rings. The van der Waals surface area contributed by atoms with E-state index in [1.807, 2.05) is 18.3 Å². The lowest BCUT2D eigenvalue weighted by Crippen LogP contribution is -2.40. The Bertz CT molecular complexity index is 1030. The molecule has 0 amide bonds. The van der Waals surface area contributed by atoms with Crippen molar-refractivity contribution in [3.63, 3.8) is 0 Å². The molecule has 0 radical (unpaired) electrons. The molecule has 0 atom stereocenters. The maximum absolute atomic E-state index is 10.5. The van der Waals surface area contributed by atoms with E-state index in [1.165, 1.54) is 5.56 Å². The first kappa shape index (κ1) is 16.5. The fraction of sp³-hybridized carbons (Fsp3) is 0.286. The number of ether oxygens (including phenoxy) is 3. The van der Waals surface area contributed by atoms with E-state index in [1.54, 1.807) is 27.4 Å². The van der Waals surface area contributed by atoms with Gasteiger partial charge in [-0.2, -0.15) is 4.57 Å². The first-order valence-corrected chi connectivity index (χ1v) is 8.57. The summed E-state index contributed by atoms with van der Waals surface area (Å²) in [7, 11) is 4.87. The van der Waals surface area contributed by atoms with E-state index < -0.39 is 0 Å². The number of pyridine rings is 1. The molecule has 1 aromatic heterocycles. The molecule has 5 heteroatoms. The minimum atomic E-state index is 0.182. The van der Waals surface area contributed by atoms with Crippen LogP contribution in [0.4, 0.5) is 0 Å². The summed E-state index contributed by atoms with van der Waals surface area (Å²) in [6.07, 6.45) is 2.90. The van der Waals surface area contributed by atoms with Gasteiger partial charge in [0.25, 0.3) is 0 Å². The summed E-state index contributed by atoms with van der Waals surface area (Å²) >= 11 is 0. The maximum Gasteiger partial charge on any atom is 0.216 e. The van der Waals surface area contributed by atoms with Crippen LogP contribution in [0.3, 0.4) is 0 Å². The molecule has 2 aromatic carbocycles. The van der Waals surface area contributed by atoms with E-state index in [0.29, 0.717) is 5.75 Å². The van der Waals surface area contributed by atoms with Crippen molar-refractivity contribution < 1.29 is 23.9 Å². The summed E-state index contributed by atoms with van der Waals surface area (Å²) in [6, 6.07) is 7.91. The number of hydrogen-bond donors (Lipinski definition) is 1. The first-order valence-electron chi connectivity index (χ1n) is 8.57. The van der Waals surface area contributed by atoms with E-state index >= 15 is 0 Å². The van der Waals surface area contributed by atoms with Gasteiger partial charge in [-0.3, -0.25) is 0 Å². The average Bonchev–Trinajstić information content (AvgIpc) is 2.67. The highest BCUT2D eigenvalue weighted by atomic mass is 16.5. The Morgan fingerprint density at radius 3 is 2.31 bits per heavy atom. The SMILES string of the molecule is COc1cc2c(cc1OC)-c1c(C)c3ccc(OC)c(O)c3c[n+]1CC2. The van der Waals surface area contributed by atoms with Crippen LogP contribution < -0.4 is 18.8 Å². The summed E-state index contributed by atoms with van der Waals surface area (Å²) in [5.41, 5.74) is 4.64. The smallest absolute Gasteiger partial charge is 0.216 e. The molecule has 1 N–H and O–H groups in total. The second-order valence-corrected chi connectivity index (χ2v) is 6.49. The highest BCUT2D eigenvalue weighted by molar-refractivity contribution is 5.94. The van der Waals surface area contributed by atoms with Gasteiger partial charge in [0, 0.05) is 17.4 Å². The number of phenols is 1. The van der Waals surface area contributed by atoms with Crippen LogP contribution in [-0.2, 0) is 13.0 Å². The van der Waals surface area contributed by atoms with Crippen LogP contribution in [0.1, 0.15) is 11.1 Å². The quantitative estimate of drug-likeness (QED) is 0.734. The van der Waals surface area contributed by atoms with Crippen LogP contribution >= 0.6 is 0 Å². The van der Waals surface area contributed by atoms with Gasteiger partial charge in [-0.25, -0.2) is 0 Å². The Balaban J connectivity index is 2.02. The number of benzene rings is 2. The fourth-order valence-electron chi connectivity index (χ4n) is 3.90. The highest BCUT2D eigenvalue weighted by Gasteiger charge is 2.29. The lowest BCUT2D eigenvalue weighted by atomic mass is 9.91. The molecular weight excluding hydrogens is 330 g/mol. The second-order valence-electron chi connectivity index (χ2n) is 6.49.